The Hall–Kier alpha value is -0.830. The minimum atomic E-state index is 1.01. The van der Waals surface area contributed by atoms with Gasteiger partial charge >= 0.3 is 0 Å². The highest BCUT2D eigenvalue weighted by Gasteiger charge is 1.97. The fourth-order valence-electron chi connectivity index (χ4n) is 1.23. The zero-order valence-electron chi connectivity index (χ0n) is 7.88. The van der Waals surface area contributed by atoms with E-state index in [-0.39, 0.29) is 0 Å². The lowest BCUT2D eigenvalue weighted by Gasteiger charge is -2.05. The second-order valence-corrected chi connectivity index (χ2v) is 2.74. The third-order valence-electron chi connectivity index (χ3n) is 1.90. The Kier molecular flexibility index (Phi) is 3.80. The number of nitrogens with zero attached hydrogens (tertiary/aromatic N) is 2. The molecule has 0 fully saturated rings. The maximum absolute atomic E-state index is 4.25. The van der Waals surface area contributed by atoms with Gasteiger partial charge in [-0.25, -0.2) is 4.98 Å². The Bertz CT molecular complexity index is 217. The molecule has 3 nitrogen and oxygen atoms in total. The molecular weight excluding hydrogens is 150 g/mol. The lowest BCUT2D eigenvalue weighted by atomic mass is 10.4. The van der Waals surface area contributed by atoms with E-state index in [1.54, 1.807) is 0 Å². The van der Waals surface area contributed by atoms with Gasteiger partial charge in [-0.2, -0.15) is 0 Å². The Morgan fingerprint density at radius 3 is 3.00 bits per heavy atom. The van der Waals surface area contributed by atoms with E-state index in [1.807, 2.05) is 12.4 Å². The van der Waals surface area contributed by atoms with Crippen molar-refractivity contribution in [3.8, 4) is 0 Å². The Morgan fingerprint density at radius 2 is 2.33 bits per heavy atom. The van der Waals surface area contributed by atoms with Crippen LogP contribution in [0, 0.1) is 0 Å². The van der Waals surface area contributed by atoms with Gasteiger partial charge in [0, 0.05) is 31.9 Å². The third-order valence-corrected chi connectivity index (χ3v) is 1.90. The molecule has 0 unspecified atom stereocenters. The van der Waals surface area contributed by atoms with Crippen molar-refractivity contribution in [2.75, 3.05) is 13.1 Å². The lowest BCUT2D eigenvalue weighted by Crippen LogP contribution is -2.19. The first-order valence-corrected chi connectivity index (χ1v) is 4.59. The molecule has 3 heteroatoms. The van der Waals surface area contributed by atoms with Crippen LogP contribution in [0.1, 0.15) is 19.7 Å². The molecule has 0 spiro atoms. The number of hydrogen-bond donors (Lipinski definition) is 1. The molecule has 1 heterocycles. The monoisotopic (exact) mass is 167 g/mol. The van der Waals surface area contributed by atoms with Crippen LogP contribution in [0.4, 0.5) is 0 Å². The summed E-state index contributed by atoms with van der Waals surface area (Å²) in [6, 6.07) is 0. The van der Waals surface area contributed by atoms with Crippen LogP contribution in [-0.4, -0.2) is 22.6 Å². The molecule has 0 radical (unpaired) electrons. The summed E-state index contributed by atoms with van der Waals surface area (Å²) in [5.41, 5.74) is 0. The number of likely N-dealkylation sites (N-methyl/N-ethyl adjacent to an activating group) is 1. The highest BCUT2D eigenvalue weighted by molar-refractivity contribution is 4.91. The molecular formula is C9H17N3. The molecule has 68 valence electrons. The van der Waals surface area contributed by atoms with Gasteiger partial charge in [-0.1, -0.05) is 13.8 Å². The summed E-state index contributed by atoms with van der Waals surface area (Å²) in [7, 11) is 0. The number of hydrogen-bond acceptors (Lipinski definition) is 2. The van der Waals surface area contributed by atoms with E-state index in [0.29, 0.717) is 0 Å². The average Bonchev–Trinajstić information content (AvgIpc) is 2.52. The van der Waals surface area contributed by atoms with E-state index in [0.717, 1.165) is 26.1 Å². The van der Waals surface area contributed by atoms with Gasteiger partial charge in [-0.3, -0.25) is 0 Å². The SMILES string of the molecule is CCNCCn1ccnc1CC. The summed E-state index contributed by atoms with van der Waals surface area (Å²) >= 11 is 0. The maximum Gasteiger partial charge on any atom is 0.108 e. The van der Waals surface area contributed by atoms with Crippen LogP contribution in [-0.2, 0) is 13.0 Å². The van der Waals surface area contributed by atoms with E-state index in [2.05, 4.69) is 28.7 Å². The highest BCUT2D eigenvalue weighted by atomic mass is 15.1. The largest absolute Gasteiger partial charge is 0.334 e. The molecule has 0 aliphatic heterocycles. The van der Waals surface area contributed by atoms with Crippen LogP contribution >= 0.6 is 0 Å². The number of nitrogens with one attached hydrogen (secondary N) is 1. The van der Waals surface area contributed by atoms with Gasteiger partial charge < -0.3 is 9.88 Å². The smallest absolute Gasteiger partial charge is 0.108 e. The summed E-state index contributed by atoms with van der Waals surface area (Å²) in [6.45, 7) is 7.34. The van der Waals surface area contributed by atoms with Gasteiger partial charge in [0.2, 0.25) is 0 Å². The van der Waals surface area contributed by atoms with Crippen LogP contribution in [0.5, 0.6) is 0 Å². The number of rotatable bonds is 5. The molecule has 1 rings (SSSR count). The van der Waals surface area contributed by atoms with Crippen molar-refractivity contribution >= 4 is 0 Å². The topological polar surface area (TPSA) is 29.9 Å². The summed E-state index contributed by atoms with van der Waals surface area (Å²) < 4.78 is 2.20. The van der Waals surface area contributed by atoms with Gasteiger partial charge in [0.1, 0.15) is 5.82 Å². The van der Waals surface area contributed by atoms with Crippen molar-refractivity contribution < 1.29 is 0 Å². The number of imidazole rings is 1. The van der Waals surface area contributed by atoms with Gasteiger partial charge in [0.15, 0.2) is 0 Å². The fourth-order valence-corrected chi connectivity index (χ4v) is 1.23. The van der Waals surface area contributed by atoms with E-state index in [1.165, 1.54) is 5.82 Å². The number of aryl methyl sites for hydroxylation is 1. The van der Waals surface area contributed by atoms with E-state index in [9.17, 15) is 0 Å². The van der Waals surface area contributed by atoms with Gasteiger partial charge in [0.25, 0.3) is 0 Å². The van der Waals surface area contributed by atoms with Gasteiger partial charge in [-0.15, -0.1) is 0 Å². The molecule has 12 heavy (non-hydrogen) atoms. The highest BCUT2D eigenvalue weighted by Crippen LogP contribution is 1.96. The molecule has 0 saturated carbocycles. The summed E-state index contributed by atoms with van der Waals surface area (Å²) in [4.78, 5) is 4.25. The molecule has 0 aromatic carbocycles. The molecule has 0 aliphatic rings. The lowest BCUT2D eigenvalue weighted by molar-refractivity contribution is 0.594. The predicted octanol–water partition coefficient (Wildman–Crippen LogP) is 1.05. The normalized spacial score (nSPS) is 10.5. The van der Waals surface area contributed by atoms with E-state index in [4.69, 9.17) is 0 Å². The zero-order valence-corrected chi connectivity index (χ0v) is 7.88. The van der Waals surface area contributed by atoms with Gasteiger partial charge in [0.05, 0.1) is 0 Å². The molecule has 0 atom stereocenters. The van der Waals surface area contributed by atoms with Gasteiger partial charge in [-0.05, 0) is 6.54 Å². The molecule has 1 aromatic heterocycles. The molecule has 0 aliphatic carbocycles. The van der Waals surface area contributed by atoms with Crippen LogP contribution in [0.15, 0.2) is 12.4 Å². The average molecular weight is 167 g/mol. The molecule has 0 amide bonds. The Labute approximate surface area is 73.8 Å². The summed E-state index contributed by atoms with van der Waals surface area (Å²) in [6.07, 6.45) is 4.92. The van der Waals surface area contributed by atoms with Crippen LogP contribution < -0.4 is 5.32 Å². The van der Waals surface area contributed by atoms with E-state index < -0.39 is 0 Å². The van der Waals surface area contributed by atoms with Crippen LogP contribution in [0.3, 0.4) is 0 Å². The summed E-state index contributed by atoms with van der Waals surface area (Å²) in [5.74, 6) is 1.17. The zero-order chi connectivity index (χ0) is 8.81. The molecule has 1 N–H and O–H groups in total. The maximum atomic E-state index is 4.25. The quantitative estimate of drug-likeness (QED) is 0.664. The van der Waals surface area contributed by atoms with E-state index >= 15 is 0 Å². The second-order valence-electron chi connectivity index (χ2n) is 2.74. The van der Waals surface area contributed by atoms with Crippen molar-refractivity contribution in [3.63, 3.8) is 0 Å². The Balaban J connectivity index is 2.39. The minimum Gasteiger partial charge on any atom is -0.334 e. The first-order chi connectivity index (χ1) is 5.88. The Morgan fingerprint density at radius 1 is 1.50 bits per heavy atom. The number of aromatic nitrogens is 2. The molecule has 1 aromatic rings. The molecule has 0 saturated heterocycles. The first-order valence-electron chi connectivity index (χ1n) is 4.59. The van der Waals surface area contributed by atoms with Crippen LogP contribution in [0.2, 0.25) is 0 Å². The van der Waals surface area contributed by atoms with Crippen molar-refractivity contribution in [3.05, 3.63) is 18.2 Å². The first kappa shape index (κ1) is 9.26. The van der Waals surface area contributed by atoms with Crippen molar-refractivity contribution in [1.29, 1.82) is 0 Å². The summed E-state index contributed by atoms with van der Waals surface area (Å²) in [5, 5.41) is 3.29. The van der Waals surface area contributed by atoms with Crippen molar-refractivity contribution in [2.24, 2.45) is 0 Å². The predicted molar refractivity (Wildman–Crippen MR) is 50.1 cm³/mol. The van der Waals surface area contributed by atoms with Crippen LogP contribution in [0.25, 0.3) is 0 Å². The van der Waals surface area contributed by atoms with Crippen molar-refractivity contribution in [1.82, 2.24) is 14.9 Å². The third kappa shape index (κ3) is 2.34. The van der Waals surface area contributed by atoms with Crippen molar-refractivity contribution in [2.45, 2.75) is 26.8 Å². The standard InChI is InChI=1S/C9H17N3/c1-3-9-11-6-8-12(9)7-5-10-4-2/h6,8,10H,3-5,7H2,1-2H3. The minimum absolute atomic E-state index is 1.01. The second kappa shape index (κ2) is 4.93. The molecule has 0 bridgehead atoms. The fraction of sp³-hybridized carbons (Fsp3) is 0.667.